The Balaban J connectivity index is 2.06. The zero-order valence-corrected chi connectivity index (χ0v) is 13.1. The van der Waals surface area contributed by atoms with Crippen LogP contribution in [0.1, 0.15) is 30.0 Å². The van der Waals surface area contributed by atoms with Gasteiger partial charge in [-0.15, -0.1) is 0 Å². The third-order valence-corrected chi connectivity index (χ3v) is 3.26. The van der Waals surface area contributed by atoms with Crippen LogP contribution < -0.4 is 4.74 Å². The van der Waals surface area contributed by atoms with Crippen LogP contribution >= 0.6 is 0 Å². The molecule has 0 saturated carbocycles. The molecular weight excluding hydrogens is 298 g/mol. The summed E-state index contributed by atoms with van der Waals surface area (Å²) in [4.78, 5) is 0. The maximum atomic E-state index is 13.8. The quantitative estimate of drug-likeness (QED) is 0.575. The zero-order valence-electron chi connectivity index (χ0n) is 13.1. The topological polar surface area (TPSA) is 34.0 Å². The van der Waals surface area contributed by atoms with Crippen LogP contribution in [0.15, 0.2) is 46.6 Å². The number of hydrogen-bond donors (Lipinski definition) is 0. The minimum absolute atomic E-state index is 0.117. The van der Waals surface area contributed by atoms with Gasteiger partial charge < -0.3 is 4.74 Å². The van der Waals surface area contributed by atoms with Gasteiger partial charge in [0.05, 0.1) is 19.5 Å². The van der Waals surface area contributed by atoms with E-state index < -0.39 is 11.6 Å². The van der Waals surface area contributed by atoms with E-state index in [-0.39, 0.29) is 5.56 Å². The molecule has 5 heteroatoms. The predicted molar refractivity (Wildman–Crippen MR) is 88.5 cm³/mol. The average molecular weight is 316 g/mol. The molecule has 0 unspecified atom stereocenters. The number of ether oxygens (including phenoxy) is 1. The molecule has 0 heterocycles. The Bertz CT molecular complexity index is 686. The second-order valence-electron chi connectivity index (χ2n) is 4.98. The summed E-state index contributed by atoms with van der Waals surface area (Å²) in [6.07, 6.45) is 3.94. The lowest BCUT2D eigenvalue weighted by molar-refractivity contribution is 0.415. The molecule has 2 rings (SSSR count). The molecular formula is C18H18F2N2O. The van der Waals surface area contributed by atoms with Crippen molar-refractivity contribution < 1.29 is 13.5 Å². The lowest BCUT2D eigenvalue weighted by Crippen LogP contribution is -1.97. The molecule has 0 bridgehead atoms. The van der Waals surface area contributed by atoms with Gasteiger partial charge >= 0.3 is 0 Å². The minimum atomic E-state index is -0.549. The Hall–Kier alpha value is -2.56. The summed E-state index contributed by atoms with van der Waals surface area (Å²) >= 11 is 0. The first-order chi connectivity index (χ1) is 11.1. The minimum Gasteiger partial charge on any atom is -0.497 e. The summed E-state index contributed by atoms with van der Waals surface area (Å²) < 4.78 is 32.6. The highest BCUT2D eigenvalue weighted by atomic mass is 19.1. The van der Waals surface area contributed by atoms with Crippen LogP contribution in [0, 0.1) is 11.6 Å². The van der Waals surface area contributed by atoms with Crippen molar-refractivity contribution in [2.45, 2.75) is 19.8 Å². The molecule has 0 spiro atoms. The molecule has 0 radical (unpaired) electrons. The van der Waals surface area contributed by atoms with Gasteiger partial charge in [0, 0.05) is 11.1 Å². The first-order valence-corrected chi connectivity index (χ1v) is 7.32. The number of methoxy groups -OCH3 is 1. The van der Waals surface area contributed by atoms with Crippen molar-refractivity contribution in [3.8, 4) is 5.75 Å². The zero-order chi connectivity index (χ0) is 16.7. The smallest absolute Gasteiger partial charge is 0.129 e. The van der Waals surface area contributed by atoms with Crippen molar-refractivity contribution >= 4 is 12.4 Å². The van der Waals surface area contributed by atoms with Crippen LogP contribution in [0.25, 0.3) is 0 Å². The second kappa shape index (κ2) is 8.17. The van der Waals surface area contributed by atoms with Crippen molar-refractivity contribution in [3.05, 3.63) is 64.7 Å². The second-order valence-corrected chi connectivity index (χ2v) is 4.98. The van der Waals surface area contributed by atoms with E-state index in [1.165, 1.54) is 18.3 Å². The molecule has 3 nitrogen and oxygen atoms in total. The number of hydrogen-bond acceptors (Lipinski definition) is 3. The fourth-order valence-corrected chi connectivity index (χ4v) is 2.08. The van der Waals surface area contributed by atoms with Gasteiger partial charge in [0.2, 0.25) is 0 Å². The van der Waals surface area contributed by atoms with E-state index in [4.69, 9.17) is 4.74 Å². The van der Waals surface area contributed by atoms with E-state index in [0.29, 0.717) is 18.4 Å². The summed E-state index contributed by atoms with van der Waals surface area (Å²) in [5, 5.41) is 7.69. The molecule has 0 aliphatic carbocycles. The van der Waals surface area contributed by atoms with Crippen LogP contribution in [-0.2, 0) is 6.42 Å². The van der Waals surface area contributed by atoms with E-state index in [0.717, 1.165) is 11.3 Å². The number of rotatable bonds is 6. The molecule has 2 aromatic carbocycles. The van der Waals surface area contributed by atoms with Gasteiger partial charge in [-0.1, -0.05) is 13.3 Å². The molecule has 120 valence electrons. The molecule has 0 saturated heterocycles. The first-order valence-electron chi connectivity index (χ1n) is 7.32. The fraction of sp³-hybridized carbons (Fsp3) is 0.222. The molecule has 0 atom stereocenters. The fourth-order valence-electron chi connectivity index (χ4n) is 2.08. The number of benzene rings is 2. The normalized spacial score (nSPS) is 11.5. The van der Waals surface area contributed by atoms with Gasteiger partial charge in [0.25, 0.3) is 0 Å². The molecule has 2 aromatic rings. The highest BCUT2D eigenvalue weighted by Crippen LogP contribution is 2.16. The van der Waals surface area contributed by atoms with Gasteiger partial charge in [-0.25, -0.2) is 8.78 Å². The molecule has 23 heavy (non-hydrogen) atoms. The van der Waals surface area contributed by atoms with Crippen molar-refractivity contribution in [2.75, 3.05) is 7.11 Å². The summed E-state index contributed by atoms with van der Waals surface area (Å²) in [5.41, 5.74) is 1.30. The molecule has 0 aliphatic rings. The van der Waals surface area contributed by atoms with Crippen molar-refractivity contribution in [3.63, 3.8) is 0 Å². The third kappa shape index (κ3) is 4.71. The highest BCUT2D eigenvalue weighted by Gasteiger charge is 2.09. The number of nitrogens with zero attached hydrogens (tertiary/aromatic N) is 2. The van der Waals surface area contributed by atoms with Crippen molar-refractivity contribution in [2.24, 2.45) is 10.2 Å². The molecule has 0 fully saturated rings. The summed E-state index contributed by atoms with van der Waals surface area (Å²) in [6, 6.07) is 9.80. The highest BCUT2D eigenvalue weighted by molar-refractivity contribution is 5.82. The van der Waals surface area contributed by atoms with Gasteiger partial charge in [-0.2, -0.15) is 10.2 Å². The van der Waals surface area contributed by atoms with Crippen LogP contribution in [-0.4, -0.2) is 19.5 Å². The number of halogens is 2. The Morgan fingerprint density at radius 2 is 1.52 bits per heavy atom. The van der Waals surface area contributed by atoms with Crippen LogP contribution in [0.4, 0.5) is 8.78 Å². The van der Waals surface area contributed by atoms with Crippen LogP contribution in [0.2, 0.25) is 0 Å². The van der Waals surface area contributed by atoms with E-state index >= 15 is 0 Å². The summed E-state index contributed by atoms with van der Waals surface area (Å²) in [5.74, 6) is -0.344. The SMILES string of the molecule is CCCc1c(F)cc(C=NN=Cc2ccc(OC)cc2)cc1F. The van der Waals surface area contributed by atoms with Gasteiger partial charge in [-0.3, -0.25) is 0 Å². The Morgan fingerprint density at radius 3 is 2.04 bits per heavy atom. The lowest BCUT2D eigenvalue weighted by atomic mass is 10.1. The van der Waals surface area contributed by atoms with E-state index in [2.05, 4.69) is 10.2 Å². The van der Waals surface area contributed by atoms with Crippen molar-refractivity contribution in [1.82, 2.24) is 0 Å². The van der Waals surface area contributed by atoms with E-state index in [1.54, 1.807) is 13.3 Å². The first kappa shape index (κ1) is 16.8. The lowest BCUT2D eigenvalue weighted by Gasteiger charge is -2.04. The Morgan fingerprint density at radius 1 is 0.957 bits per heavy atom. The monoisotopic (exact) mass is 316 g/mol. The summed E-state index contributed by atoms with van der Waals surface area (Å²) in [7, 11) is 1.59. The molecule has 0 N–H and O–H groups in total. The van der Waals surface area contributed by atoms with E-state index in [1.807, 2.05) is 31.2 Å². The van der Waals surface area contributed by atoms with Gasteiger partial charge in [0.1, 0.15) is 17.4 Å². The molecule has 0 aliphatic heterocycles. The summed E-state index contributed by atoms with van der Waals surface area (Å²) in [6.45, 7) is 1.88. The third-order valence-electron chi connectivity index (χ3n) is 3.26. The maximum absolute atomic E-state index is 13.8. The molecule has 0 aromatic heterocycles. The largest absolute Gasteiger partial charge is 0.497 e. The van der Waals surface area contributed by atoms with Crippen molar-refractivity contribution in [1.29, 1.82) is 0 Å². The van der Waals surface area contributed by atoms with Crippen LogP contribution in [0.3, 0.4) is 0 Å². The Kier molecular flexibility index (Phi) is 5.97. The van der Waals surface area contributed by atoms with Gasteiger partial charge in [-0.05, 0) is 48.4 Å². The van der Waals surface area contributed by atoms with Gasteiger partial charge in [0.15, 0.2) is 0 Å². The van der Waals surface area contributed by atoms with Crippen LogP contribution in [0.5, 0.6) is 5.75 Å². The average Bonchev–Trinajstić information content (AvgIpc) is 2.55. The molecule has 0 amide bonds. The maximum Gasteiger partial charge on any atom is 0.129 e. The Labute approximate surface area is 134 Å². The van der Waals surface area contributed by atoms with E-state index in [9.17, 15) is 8.78 Å². The standard InChI is InChI=1S/C18H18F2N2O/c1-3-4-16-17(19)9-14(10-18(16)20)12-22-21-11-13-5-7-15(23-2)8-6-13/h5-12H,3-4H2,1-2H3. The predicted octanol–water partition coefficient (Wildman–Crippen LogP) is 4.38.